The van der Waals surface area contributed by atoms with Crippen LogP contribution in [0.25, 0.3) is 0 Å². The van der Waals surface area contributed by atoms with Crippen LogP contribution in [0.15, 0.2) is 29.3 Å². The van der Waals surface area contributed by atoms with Gasteiger partial charge in [0.15, 0.2) is 5.96 Å². The zero-order valence-corrected chi connectivity index (χ0v) is 19.6. The first-order valence-corrected chi connectivity index (χ1v) is 11.2. The smallest absolute Gasteiger partial charge is 0.194 e. The number of hydrogen-bond donors (Lipinski definition) is 1. The van der Waals surface area contributed by atoms with Crippen molar-refractivity contribution in [3.8, 4) is 0 Å². The van der Waals surface area contributed by atoms with Crippen LogP contribution >= 0.6 is 24.0 Å². The molecule has 10 heteroatoms. The molecule has 0 radical (unpaired) electrons. The minimum atomic E-state index is -2.99. The van der Waals surface area contributed by atoms with Gasteiger partial charge in [-0.25, -0.2) is 12.8 Å². The second-order valence-corrected chi connectivity index (χ2v) is 8.69. The van der Waals surface area contributed by atoms with E-state index in [1.807, 2.05) is 6.92 Å². The Hall–Kier alpha value is -1.14. The van der Waals surface area contributed by atoms with Gasteiger partial charge in [-0.15, -0.1) is 24.0 Å². The lowest BCUT2D eigenvalue weighted by molar-refractivity contribution is 0.157. The molecule has 160 valence electrons. The lowest BCUT2D eigenvalue weighted by Crippen LogP contribution is -2.52. The first-order valence-electron chi connectivity index (χ1n) is 9.18. The van der Waals surface area contributed by atoms with E-state index in [-0.39, 0.29) is 42.2 Å². The molecular weight excluding hydrogens is 498 g/mol. The number of rotatable bonds is 8. The van der Waals surface area contributed by atoms with Gasteiger partial charge in [0.1, 0.15) is 15.7 Å². The van der Waals surface area contributed by atoms with Crippen LogP contribution < -0.4 is 10.2 Å². The van der Waals surface area contributed by atoms with Crippen LogP contribution in [0.5, 0.6) is 0 Å². The Labute approximate surface area is 184 Å². The van der Waals surface area contributed by atoms with Gasteiger partial charge in [-0.3, -0.25) is 4.99 Å². The average Bonchev–Trinajstić information content (AvgIpc) is 2.63. The summed E-state index contributed by atoms with van der Waals surface area (Å²) in [6, 6.07) is 6.57. The predicted octanol–water partition coefficient (Wildman–Crippen LogP) is 1.59. The standard InChI is InChI=1S/C18H29FN4O3S.HI/c1-3-20-18(21-8-13-26-14-15-27(2,24)25)23-11-9-22(10-12-23)17-6-4-16(19)5-7-17;/h4-7H,3,8-15H2,1-2H3,(H,20,21);1H. The highest BCUT2D eigenvalue weighted by atomic mass is 127. The molecule has 1 aliphatic heterocycles. The van der Waals surface area contributed by atoms with Gasteiger partial charge in [-0.05, 0) is 31.2 Å². The Morgan fingerprint density at radius 3 is 2.39 bits per heavy atom. The number of nitrogens with one attached hydrogen (secondary N) is 1. The highest BCUT2D eigenvalue weighted by molar-refractivity contribution is 14.0. The molecule has 1 saturated heterocycles. The summed E-state index contributed by atoms with van der Waals surface area (Å²) in [5.41, 5.74) is 1.03. The first kappa shape index (κ1) is 24.9. The lowest BCUT2D eigenvalue weighted by Gasteiger charge is -2.37. The molecule has 1 fully saturated rings. The molecule has 2 rings (SSSR count). The SMILES string of the molecule is CCNC(=NCCOCCS(C)(=O)=O)N1CCN(c2ccc(F)cc2)CC1.I. The maximum Gasteiger partial charge on any atom is 0.194 e. The van der Waals surface area contributed by atoms with E-state index >= 15 is 0 Å². The third kappa shape index (κ3) is 8.91. The van der Waals surface area contributed by atoms with Crippen LogP contribution in [0, 0.1) is 5.82 Å². The van der Waals surface area contributed by atoms with Crippen molar-refractivity contribution in [1.82, 2.24) is 10.2 Å². The molecule has 0 unspecified atom stereocenters. The minimum absolute atomic E-state index is 0. The molecule has 28 heavy (non-hydrogen) atoms. The van der Waals surface area contributed by atoms with Gasteiger partial charge in [-0.1, -0.05) is 0 Å². The second kappa shape index (κ2) is 12.4. The van der Waals surface area contributed by atoms with Gasteiger partial charge in [0.2, 0.25) is 0 Å². The van der Waals surface area contributed by atoms with E-state index < -0.39 is 9.84 Å². The summed E-state index contributed by atoms with van der Waals surface area (Å²) >= 11 is 0. The van der Waals surface area contributed by atoms with E-state index in [0.717, 1.165) is 44.4 Å². The maximum atomic E-state index is 13.1. The molecule has 1 aromatic carbocycles. The van der Waals surface area contributed by atoms with Crippen LogP contribution in [0.1, 0.15) is 6.92 Å². The number of piperazine rings is 1. The van der Waals surface area contributed by atoms with E-state index in [2.05, 4.69) is 20.1 Å². The van der Waals surface area contributed by atoms with Crippen molar-refractivity contribution in [2.45, 2.75) is 6.92 Å². The van der Waals surface area contributed by atoms with Gasteiger partial charge >= 0.3 is 0 Å². The Morgan fingerprint density at radius 1 is 1.18 bits per heavy atom. The summed E-state index contributed by atoms with van der Waals surface area (Å²) in [5.74, 6) is 0.642. The topological polar surface area (TPSA) is 74.2 Å². The number of aliphatic imine (C=N–C) groups is 1. The van der Waals surface area contributed by atoms with E-state index in [1.165, 1.54) is 18.4 Å². The Morgan fingerprint density at radius 2 is 1.82 bits per heavy atom. The molecule has 0 aliphatic carbocycles. The van der Waals surface area contributed by atoms with Crippen LogP contribution in [-0.2, 0) is 14.6 Å². The largest absolute Gasteiger partial charge is 0.378 e. The molecule has 0 amide bonds. The van der Waals surface area contributed by atoms with E-state index in [4.69, 9.17) is 4.74 Å². The third-order valence-electron chi connectivity index (χ3n) is 4.20. The molecular formula is C18H30FIN4O3S. The van der Waals surface area contributed by atoms with Gasteiger partial charge in [0.25, 0.3) is 0 Å². The summed E-state index contributed by atoms with van der Waals surface area (Å²) in [7, 11) is -2.99. The molecule has 0 saturated carbocycles. The van der Waals surface area contributed by atoms with E-state index in [9.17, 15) is 12.8 Å². The summed E-state index contributed by atoms with van der Waals surface area (Å²) < 4.78 is 40.5. The van der Waals surface area contributed by atoms with Crippen molar-refractivity contribution < 1.29 is 17.5 Å². The van der Waals surface area contributed by atoms with Gasteiger partial charge in [-0.2, -0.15) is 0 Å². The quantitative estimate of drug-likeness (QED) is 0.239. The van der Waals surface area contributed by atoms with Crippen LogP contribution in [0.4, 0.5) is 10.1 Å². The third-order valence-corrected chi connectivity index (χ3v) is 5.11. The molecule has 0 atom stereocenters. The van der Waals surface area contributed by atoms with Gasteiger partial charge in [0.05, 0.1) is 25.5 Å². The van der Waals surface area contributed by atoms with Crippen molar-refractivity contribution in [1.29, 1.82) is 0 Å². The Balaban J connectivity index is 0.00000392. The first-order chi connectivity index (χ1) is 12.9. The highest BCUT2D eigenvalue weighted by Gasteiger charge is 2.19. The monoisotopic (exact) mass is 528 g/mol. The van der Waals surface area contributed by atoms with E-state index in [0.29, 0.717) is 13.2 Å². The van der Waals surface area contributed by atoms with Crippen LogP contribution in [-0.4, -0.2) is 83.8 Å². The zero-order chi connectivity index (χ0) is 19.7. The summed E-state index contributed by atoms with van der Waals surface area (Å²) in [6.07, 6.45) is 1.20. The molecule has 7 nitrogen and oxygen atoms in total. The molecule has 1 aromatic rings. The molecule has 0 spiro atoms. The minimum Gasteiger partial charge on any atom is -0.378 e. The molecule has 0 bridgehead atoms. The van der Waals surface area contributed by atoms with Gasteiger partial charge in [0, 0.05) is 44.7 Å². The Kier molecular flexibility index (Phi) is 11.1. The summed E-state index contributed by atoms with van der Waals surface area (Å²) in [6.45, 7) is 7.16. The normalized spacial score (nSPS) is 15.3. The van der Waals surface area contributed by atoms with Gasteiger partial charge < -0.3 is 19.9 Å². The number of ether oxygens (including phenoxy) is 1. The Bertz CT molecular complexity index is 708. The predicted molar refractivity (Wildman–Crippen MR) is 122 cm³/mol. The number of guanidine groups is 1. The van der Waals surface area contributed by atoms with Crippen LogP contribution in [0.3, 0.4) is 0 Å². The number of halogens is 2. The highest BCUT2D eigenvalue weighted by Crippen LogP contribution is 2.16. The molecule has 0 aromatic heterocycles. The molecule has 1 N–H and O–H groups in total. The van der Waals surface area contributed by atoms with Crippen LogP contribution in [0.2, 0.25) is 0 Å². The van der Waals surface area contributed by atoms with Crippen molar-refractivity contribution in [2.24, 2.45) is 4.99 Å². The number of benzene rings is 1. The molecule has 1 heterocycles. The number of anilines is 1. The van der Waals surface area contributed by atoms with Crippen molar-refractivity contribution >= 4 is 45.5 Å². The second-order valence-electron chi connectivity index (χ2n) is 6.43. The number of nitrogens with zero attached hydrogens (tertiary/aromatic N) is 3. The van der Waals surface area contributed by atoms with Crippen molar-refractivity contribution in [3.05, 3.63) is 30.1 Å². The lowest BCUT2D eigenvalue weighted by atomic mass is 10.2. The molecule has 1 aliphatic rings. The average molecular weight is 528 g/mol. The maximum absolute atomic E-state index is 13.1. The van der Waals surface area contributed by atoms with Crippen molar-refractivity contribution in [2.75, 3.05) is 69.4 Å². The fourth-order valence-electron chi connectivity index (χ4n) is 2.78. The number of hydrogen-bond acceptors (Lipinski definition) is 5. The summed E-state index contributed by atoms with van der Waals surface area (Å²) in [4.78, 5) is 8.99. The fraction of sp³-hybridized carbons (Fsp3) is 0.611. The van der Waals surface area contributed by atoms with E-state index in [1.54, 1.807) is 12.1 Å². The summed E-state index contributed by atoms with van der Waals surface area (Å²) in [5, 5.41) is 3.29. The fourth-order valence-corrected chi connectivity index (χ4v) is 3.20. The number of sulfone groups is 1. The zero-order valence-electron chi connectivity index (χ0n) is 16.4. The van der Waals surface area contributed by atoms with Crippen molar-refractivity contribution in [3.63, 3.8) is 0 Å².